The Balaban J connectivity index is 1.74. The Bertz CT molecular complexity index is 463. The summed E-state index contributed by atoms with van der Waals surface area (Å²) in [6.45, 7) is 5.86. The molecule has 0 spiro atoms. The van der Waals surface area contributed by atoms with E-state index in [1.165, 1.54) is 12.0 Å². The van der Waals surface area contributed by atoms with Crippen molar-refractivity contribution in [3.63, 3.8) is 0 Å². The third kappa shape index (κ3) is 2.76. The van der Waals surface area contributed by atoms with E-state index in [9.17, 15) is 5.11 Å². The van der Waals surface area contributed by atoms with Gasteiger partial charge in [0.1, 0.15) is 13.2 Å². The summed E-state index contributed by atoms with van der Waals surface area (Å²) in [5.74, 6) is 2.12. The first-order valence-corrected chi connectivity index (χ1v) is 7.52. The van der Waals surface area contributed by atoms with Crippen LogP contribution in [0.1, 0.15) is 31.4 Å². The predicted molar refractivity (Wildman–Crippen MR) is 77.2 cm³/mol. The summed E-state index contributed by atoms with van der Waals surface area (Å²) in [7, 11) is 0. The molecular weight excluding hydrogens is 254 g/mol. The molecule has 2 unspecified atom stereocenters. The third-order valence-corrected chi connectivity index (χ3v) is 4.40. The van der Waals surface area contributed by atoms with E-state index in [-0.39, 0.29) is 0 Å². The fourth-order valence-electron chi connectivity index (χ4n) is 3.13. The maximum absolute atomic E-state index is 9.36. The molecule has 20 heavy (non-hydrogen) atoms. The van der Waals surface area contributed by atoms with Gasteiger partial charge in [0, 0.05) is 19.2 Å². The third-order valence-electron chi connectivity index (χ3n) is 4.40. The monoisotopic (exact) mass is 277 g/mol. The Morgan fingerprint density at radius 2 is 2.10 bits per heavy atom. The summed E-state index contributed by atoms with van der Waals surface area (Å²) in [6.07, 6.45) is 2.31. The van der Waals surface area contributed by atoms with Crippen molar-refractivity contribution in [2.24, 2.45) is 5.92 Å². The van der Waals surface area contributed by atoms with Crippen molar-refractivity contribution in [2.75, 3.05) is 32.9 Å². The van der Waals surface area contributed by atoms with Crippen LogP contribution in [0, 0.1) is 5.92 Å². The number of likely N-dealkylation sites (tertiary alicyclic amines) is 1. The number of hydrogen-bond donors (Lipinski definition) is 1. The topological polar surface area (TPSA) is 41.9 Å². The maximum Gasteiger partial charge on any atom is 0.161 e. The molecule has 110 valence electrons. The number of hydrogen-bond acceptors (Lipinski definition) is 4. The summed E-state index contributed by atoms with van der Waals surface area (Å²) in [5.41, 5.74) is 1.26. The van der Waals surface area contributed by atoms with Crippen LogP contribution in [0.2, 0.25) is 0 Å². The number of benzene rings is 1. The lowest BCUT2D eigenvalue weighted by atomic mass is 9.96. The molecule has 3 rings (SSSR count). The molecule has 0 aliphatic carbocycles. The zero-order valence-corrected chi connectivity index (χ0v) is 12.0. The number of nitrogens with zero attached hydrogens (tertiary/aromatic N) is 1. The second kappa shape index (κ2) is 6.02. The molecular formula is C16H23NO3. The second-order valence-corrected chi connectivity index (χ2v) is 5.76. The fourth-order valence-corrected chi connectivity index (χ4v) is 3.13. The zero-order valence-electron chi connectivity index (χ0n) is 12.0. The van der Waals surface area contributed by atoms with E-state index >= 15 is 0 Å². The van der Waals surface area contributed by atoms with Crippen molar-refractivity contribution in [3.8, 4) is 11.5 Å². The number of ether oxygens (including phenoxy) is 2. The van der Waals surface area contributed by atoms with Crippen LogP contribution >= 0.6 is 0 Å². The molecule has 2 atom stereocenters. The van der Waals surface area contributed by atoms with Gasteiger partial charge in [-0.05, 0) is 49.9 Å². The van der Waals surface area contributed by atoms with Gasteiger partial charge in [-0.25, -0.2) is 0 Å². The van der Waals surface area contributed by atoms with Crippen LogP contribution in [0.15, 0.2) is 18.2 Å². The quantitative estimate of drug-likeness (QED) is 0.920. The molecule has 1 aromatic carbocycles. The number of aliphatic hydroxyl groups excluding tert-OH is 1. The van der Waals surface area contributed by atoms with Crippen LogP contribution < -0.4 is 9.47 Å². The van der Waals surface area contributed by atoms with Gasteiger partial charge < -0.3 is 14.6 Å². The van der Waals surface area contributed by atoms with E-state index in [4.69, 9.17) is 9.47 Å². The molecule has 1 aromatic rings. The van der Waals surface area contributed by atoms with Crippen molar-refractivity contribution in [2.45, 2.75) is 25.8 Å². The van der Waals surface area contributed by atoms with Gasteiger partial charge in [0.2, 0.25) is 0 Å². The zero-order chi connectivity index (χ0) is 13.9. The number of rotatable bonds is 3. The summed E-state index contributed by atoms with van der Waals surface area (Å²) in [5, 5.41) is 9.36. The average molecular weight is 277 g/mol. The first-order chi connectivity index (χ1) is 9.78. The summed E-state index contributed by atoms with van der Waals surface area (Å²) >= 11 is 0. The van der Waals surface area contributed by atoms with E-state index in [1.54, 1.807) is 0 Å². The Labute approximate surface area is 120 Å². The van der Waals surface area contributed by atoms with Gasteiger partial charge in [-0.1, -0.05) is 6.07 Å². The van der Waals surface area contributed by atoms with Crippen molar-refractivity contribution in [1.29, 1.82) is 0 Å². The highest BCUT2D eigenvalue weighted by molar-refractivity contribution is 5.44. The van der Waals surface area contributed by atoms with Gasteiger partial charge in [-0.2, -0.15) is 0 Å². The van der Waals surface area contributed by atoms with E-state index in [1.807, 2.05) is 6.07 Å². The molecule has 1 N–H and O–H groups in total. The van der Waals surface area contributed by atoms with Crippen molar-refractivity contribution in [3.05, 3.63) is 23.8 Å². The molecule has 2 heterocycles. The van der Waals surface area contributed by atoms with E-state index in [0.29, 0.717) is 31.8 Å². The number of piperidine rings is 1. The highest BCUT2D eigenvalue weighted by atomic mass is 16.6. The first kappa shape index (κ1) is 13.7. The average Bonchev–Trinajstić information content (AvgIpc) is 2.53. The van der Waals surface area contributed by atoms with E-state index in [0.717, 1.165) is 31.0 Å². The van der Waals surface area contributed by atoms with Gasteiger partial charge in [-0.3, -0.25) is 4.90 Å². The Morgan fingerprint density at radius 3 is 2.90 bits per heavy atom. The van der Waals surface area contributed by atoms with Crippen molar-refractivity contribution in [1.82, 2.24) is 4.90 Å². The molecule has 1 fully saturated rings. The van der Waals surface area contributed by atoms with Crippen LogP contribution in [0.3, 0.4) is 0 Å². The molecule has 0 radical (unpaired) electrons. The molecule has 4 nitrogen and oxygen atoms in total. The maximum atomic E-state index is 9.36. The van der Waals surface area contributed by atoms with Crippen LogP contribution in [0.4, 0.5) is 0 Å². The van der Waals surface area contributed by atoms with Crippen LogP contribution in [-0.2, 0) is 0 Å². The minimum atomic E-state index is 0.296. The number of fused-ring (bicyclic) bond motifs is 1. The van der Waals surface area contributed by atoms with Gasteiger partial charge in [0.15, 0.2) is 11.5 Å². The Kier molecular flexibility index (Phi) is 4.13. The highest BCUT2D eigenvalue weighted by Crippen LogP contribution is 2.35. The van der Waals surface area contributed by atoms with Crippen LogP contribution in [-0.4, -0.2) is 42.9 Å². The number of aliphatic hydroxyl groups is 1. The summed E-state index contributed by atoms with van der Waals surface area (Å²) in [6, 6.07) is 6.58. The predicted octanol–water partition coefficient (Wildman–Crippen LogP) is 2.22. The molecule has 0 aromatic heterocycles. The highest BCUT2D eigenvalue weighted by Gasteiger charge is 2.24. The van der Waals surface area contributed by atoms with Gasteiger partial charge >= 0.3 is 0 Å². The Morgan fingerprint density at radius 1 is 1.30 bits per heavy atom. The molecule has 0 amide bonds. The standard InChI is InChI=1S/C16H23NO3/c1-12(17-6-2-3-13(10-17)11-18)14-4-5-15-16(9-14)20-8-7-19-15/h4-5,9,12-13,18H,2-3,6-8,10-11H2,1H3. The lowest BCUT2D eigenvalue weighted by Gasteiger charge is -2.36. The fraction of sp³-hybridized carbons (Fsp3) is 0.625. The SMILES string of the molecule is CC(c1ccc2c(c1)OCCO2)N1CCCC(CO)C1. The molecule has 1 saturated heterocycles. The Hall–Kier alpha value is -1.26. The lowest BCUT2D eigenvalue weighted by molar-refractivity contribution is 0.0932. The van der Waals surface area contributed by atoms with Crippen molar-refractivity contribution < 1.29 is 14.6 Å². The second-order valence-electron chi connectivity index (χ2n) is 5.76. The molecule has 4 heteroatoms. The van der Waals surface area contributed by atoms with Crippen LogP contribution in [0.5, 0.6) is 11.5 Å². The minimum Gasteiger partial charge on any atom is -0.486 e. The first-order valence-electron chi connectivity index (χ1n) is 7.52. The minimum absolute atomic E-state index is 0.296. The summed E-state index contributed by atoms with van der Waals surface area (Å²) in [4.78, 5) is 2.45. The van der Waals surface area contributed by atoms with Crippen LogP contribution in [0.25, 0.3) is 0 Å². The smallest absolute Gasteiger partial charge is 0.161 e. The molecule has 0 bridgehead atoms. The lowest BCUT2D eigenvalue weighted by Crippen LogP contribution is -2.38. The normalized spacial score (nSPS) is 24.4. The van der Waals surface area contributed by atoms with Gasteiger partial charge in [0.05, 0.1) is 0 Å². The van der Waals surface area contributed by atoms with Gasteiger partial charge in [0.25, 0.3) is 0 Å². The van der Waals surface area contributed by atoms with E-state index < -0.39 is 0 Å². The largest absolute Gasteiger partial charge is 0.486 e. The molecule has 2 aliphatic rings. The molecule has 2 aliphatic heterocycles. The van der Waals surface area contributed by atoms with Gasteiger partial charge in [-0.15, -0.1) is 0 Å². The van der Waals surface area contributed by atoms with Crippen molar-refractivity contribution >= 4 is 0 Å². The van der Waals surface area contributed by atoms with E-state index in [2.05, 4.69) is 24.0 Å². The summed E-state index contributed by atoms with van der Waals surface area (Å²) < 4.78 is 11.2. The molecule has 0 saturated carbocycles.